The maximum atomic E-state index is 11.8. The summed E-state index contributed by atoms with van der Waals surface area (Å²) < 4.78 is 16.4. The maximum absolute atomic E-state index is 11.8. The van der Waals surface area contributed by atoms with Gasteiger partial charge in [-0.3, -0.25) is 4.79 Å². The minimum atomic E-state index is -0.551. The molecule has 0 aromatic heterocycles. The summed E-state index contributed by atoms with van der Waals surface area (Å²) in [7, 11) is 0. The summed E-state index contributed by atoms with van der Waals surface area (Å²) in [6, 6.07) is 0. The Morgan fingerprint density at radius 1 is 1.00 bits per heavy atom. The summed E-state index contributed by atoms with van der Waals surface area (Å²) in [5, 5.41) is 0. The summed E-state index contributed by atoms with van der Waals surface area (Å²) in [4.78, 5) is 11.8. The molecule has 0 saturated carbocycles. The van der Waals surface area contributed by atoms with Crippen molar-refractivity contribution in [3.63, 3.8) is 0 Å². The van der Waals surface area contributed by atoms with Gasteiger partial charge < -0.3 is 14.2 Å². The molecule has 0 bridgehead atoms. The van der Waals surface area contributed by atoms with E-state index in [2.05, 4.69) is 13.8 Å². The molecule has 0 aromatic carbocycles. The average Bonchev–Trinajstić information content (AvgIpc) is 2.99. The molecule has 4 heteroatoms. The number of carbonyl (C=O) groups excluding carboxylic acids is 1. The highest BCUT2D eigenvalue weighted by Crippen LogP contribution is 2.22. The summed E-state index contributed by atoms with van der Waals surface area (Å²) in [5.74, 6) is 0.241. The van der Waals surface area contributed by atoms with Crippen LogP contribution in [0.4, 0.5) is 0 Å². The maximum Gasteiger partial charge on any atom is 0.305 e. The predicted octanol–water partition coefficient (Wildman–Crippen LogP) is 6.41. The van der Waals surface area contributed by atoms with Gasteiger partial charge in [-0.25, -0.2) is 0 Å². The summed E-state index contributed by atoms with van der Waals surface area (Å²) in [5.41, 5.74) is 0. The molecule has 0 aliphatic carbocycles. The monoisotopic (exact) mass is 384 g/mol. The molecule has 1 heterocycles. The number of unbranched alkanes of at least 4 members (excludes halogenated alkanes) is 9. The third-order valence-electron chi connectivity index (χ3n) is 5.52. The van der Waals surface area contributed by atoms with Crippen molar-refractivity contribution < 1.29 is 19.0 Å². The Labute approximate surface area is 167 Å². The summed E-state index contributed by atoms with van der Waals surface area (Å²) in [6.45, 7) is 9.21. The van der Waals surface area contributed by atoms with Crippen LogP contribution in [-0.4, -0.2) is 31.1 Å². The molecular weight excluding hydrogens is 340 g/mol. The van der Waals surface area contributed by atoms with Gasteiger partial charge in [-0.15, -0.1) is 0 Å². The van der Waals surface area contributed by atoms with E-state index in [9.17, 15) is 4.79 Å². The fourth-order valence-corrected chi connectivity index (χ4v) is 3.48. The normalized spacial score (nSPS) is 19.9. The van der Waals surface area contributed by atoms with Crippen LogP contribution in [0.15, 0.2) is 0 Å². The third-order valence-corrected chi connectivity index (χ3v) is 5.52. The second-order valence-corrected chi connectivity index (χ2v) is 8.72. The van der Waals surface area contributed by atoms with Crippen molar-refractivity contribution in [3.05, 3.63) is 0 Å². The molecule has 0 aromatic rings. The van der Waals surface area contributed by atoms with Crippen LogP contribution >= 0.6 is 0 Å². The molecule has 1 fully saturated rings. The molecule has 1 aliphatic rings. The van der Waals surface area contributed by atoms with Crippen molar-refractivity contribution >= 4 is 5.97 Å². The lowest BCUT2D eigenvalue weighted by atomic mass is 9.99. The second-order valence-electron chi connectivity index (χ2n) is 8.72. The number of hydrogen-bond acceptors (Lipinski definition) is 4. The van der Waals surface area contributed by atoms with E-state index < -0.39 is 5.79 Å². The first-order valence-corrected chi connectivity index (χ1v) is 11.4. The van der Waals surface area contributed by atoms with Crippen LogP contribution < -0.4 is 0 Å². The van der Waals surface area contributed by atoms with Crippen molar-refractivity contribution in [1.82, 2.24) is 0 Å². The SMILES string of the molecule is CCC(C)CCCCCCCCCCCCC(=O)OCC1COC(C)(C)O1. The minimum Gasteiger partial charge on any atom is -0.463 e. The van der Waals surface area contributed by atoms with Gasteiger partial charge in [0.25, 0.3) is 0 Å². The van der Waals surface area contributed by atoms with Gasteiger partial charge in [-0.1, -0.05) is 84.5 Å². The van der Waals surface area contributed by atoms with Crippen LogP contribution in [-0.2, 0) is 19.0 Å². The Hall–Kier alpha value is -0.610. The Bertz CT molecular complexity index is 381. The number of ether oxygens (including phenoxy) is 3. The minimum absolute atomic E-state index is 0.110. The first-order chi connectivity index (χ1) is 12.9. The van der Waals surface area contributed by atoms with E-state index >= 15 is 0 Å². The van der Waals surface area contributed by atoms with E-state index in [1.165, 1.54) is 64.2 Å². The largest absolute Gasteiger partial charge is 0.463 e. The summed E-state index contributed by atoms with van der Waals surface area (Å²) in [6.07, 6.45) is 16.0. The molecule has 0 radical (unpaired) electrons. The highest BCUT2D eigenvalue weighted by atomic mass is 16.7. The van der Waals surface area contributed by atoms with Gasteiger partial charge >= 0.3 is 5.97 Å². The number of esters is 1. The molecule has 0 amide bonds. The van der Waals surface area contributed by atoms with Crippen molar-refractivity contribution in [2.75, 3.05) is 13.2 Å². The van der Waals surface area contributed by atoms with Crippen LogP contribution in [0, 0.1) is 5.92 Å². The zero-order valence-corrected chi connectivity index (χ0v) is 18.4. The van der Waals surface area contributed by atoms with Gasteiger partial charge in [0, 0.05) is 6.42 Å². The molecule has 1 saturated heterocycles. The highest BCUT2D eigenvalue weighted by molar-refractivity contribution is 5.69. The van der Waals surface area contributed by atoms with Gasteiger partial charge in [-0.05, 0) is 26.2 Å². The number of hydrogen-bond donors (Lipinski definition) is 0. The molecule has 1 aliphatic heterocycles. The molecule has 0 spiro atoms. The van der Waals surface area contributed by atoms with Crippen LogP contribution in [0.1, 0.15) is 111 Å². The Morgan fingerprint density at radius 2 is 1.56 bits per heavy atom. The zero-order chi connectivity index (χ0) is 20.0. The van der Waals surface area contributed by atoms with E-state index in [0.717, 1.165) is 18.8 Å². The van der Waals surface area contributed by atoms with E-state index in [0.29, 0.717) is 19.6 Å². The Kier molecular flexibility index (Phi) is 13.0. The molecule has 2 atom stereocenters. The van der Waals surface area contributed by atoms with Crippen molar-refractivity contribution in [3.8, 4) is 0 Å². The van der Waals surface area contributed by atoms with Gasteiger partial charge in [0.2, 0.25) is 0 Å². The smallest absolute Gasteiger partial charge is 0.305 e. The van der Waals surface area contributed by atoms with Gasteiger partial charge in [-0.2, -0.15) is 0 Å². The lowest BCUT2D eigenvalue weighted by Gasteiger charge is -2.16. The first-order valence-electron chi connectivity index (χ1n) is 11.4. The Morgan fingerprint density at radius 3 is 2.07 bits per heavy atom. The van der Waals surface area contributed by atoms with Crippen LogP contribution in [0.3, 0.4) is 0 Å². The standard InChI is InChI=1S/C23H44O4/c1-5-20(2)16-14-12-10-8-6-7-9-11-13-15-17-22(24)25-18-21-19-26-23(3,4)27-21/h20-21H,5-19H2,1-4H3. The molecule has 2 unspecified atom stereocenters. The van der Waals surface area contributed by atoms with Gasteiger partial charge in [0.05, 0.1) is 6.61 Å². The van der Waals surface area contributed by atoms with E-state index in [-0.39, 0.29) is 12.1 Å². The van der Waals surface area contributed by atoms with Crippen LogP contribution in [0.25, 0.3) is 0 Å². The Balaban J connectivity index is 1.80. The van der Waals surface area contributed by atoms with Crippen LogP contribution in [0.2, 0.25) is 0 Å². The number of rotatable bonds is 16. The summed E-state index contributed by atoms with van der Waals surface area (Å²) >= 11 is 0. The zero-order valence-electron chi connectivity index (χ0n) is 18.4. The predicted molar refractivity (Wildman–Crippen MR) is 111 cm³/mol. The average molecular weight is 385 g/mol. The number of carbonyl (C=O) groups is 1. The lowest BCUT2D eigenvalue weighted by Crippen LogP contribution is -2.25. The second kappa shape index (κ2) is 14.4. The fraction of sp³-hybridized carbons (Fsp3) is 0.957. The van der Waals surface area contributed by atoms with Crippen molar-refractivity contribution in [1.29, 1.82) is 0 Å². The van der Waals surface area contributed by atoms with Crippen LogP contribution in [0.5, 0.6) is 0 Å². The molecule has 27 heavy (non-hydrogen) atoms. The topological polar surface area (TPSA) is 44.8 Å². The fourth-order valence-electron chi connectivity index (χ4n) is 3.48. The lowest BCUT2D eigenvalue weighted by molar-refractivity contribution is -0.158. The van der Waals surface area contributed by atoms with E-state index in [1.54, 1.807) is 0 Å². The molecule has 1 rings (SSSR count). The molecule has 0 N–H and O–H groups in total. The first kappa shape index (κ1) is 24.4. The molecule has 160 valence electrons. The van der Waals surface area contributed by atoms with Gasteiger partial charge in [0.15, 0.2) is 5.79 Å². The molecular formula is C23H44O4. The van der Waals surface area contributed by atoms with Gasteiger partial charge in [0.1, 0.15) is 12.7 Å². The highest BCUT2D eigenvalue weighted by Gasteiger charge is 2.33. The third kappa shape index (κ3) is 13.2. The van der Waals surface area contributed by atoms with E-state index in [1.807, 2.05) is 13.8 Å². The quantitative estimate of drug-likeness (QED) is 0.228. The van der Waals surface area contributed by atoms with Crippen molar-refractivity contribution in [2.24, 2.45) is 5.92 Å². The van der Waals surface area contributed by atoms with Crippen molar-refractivity contribution in [2.45, 2.75) is 123 Å². The van der Waals surface area contributed by atoms with E-state index in [4.69, 9.17) is 14.2 Å². The molecule has 4 nitrogen and oxygen atoms in total.